The fraction of sp³-hybridized carbons (Fsp3) is 0.545. The lowest BCUT2D eigenvalue weighted by Crippen LogP contribution is -2.33. The number of hydrogen-bond donors (Lipinski definition) is 2. The van der Waals surface area contributed by atoms with Gasteiger partial charge in [0.1, 0.15) is 5.82 Å². The van der Waals surface area contributed by atoms with Gasteiger partial charge in [0, 0.05) is 18.3 Å². The summed E-state index contributed by atoms with van der Waals surface area (Å²) in [5, 5.41) is 0. The third-order valence-corrected chi connectivity index (χ3v) is 4.39. The molecule has 17 heavy (non-hydrogen) atoms. The molecule has 1 aliphatic rings. The molecule has 0 spiro atoms. The number of nitrogens with zero attached hydrogens (tertiary/aromatic N) is 1. The van der Waals surface area contributed by atoms with Crippen LogP contribution < -0.4 is 10.5 Å². The first-order valence-corrected chi connectivity index (χ1v) is 7.19. The number of pyridine rings is 1. The monoisotopic (exact) mass is 255 g/mol. The van der Waals surface area contributed by atoms with Crippen molar-refractivity contribution in [2.75, 3.05) is 5.73 Å². The number of sulfonamides is 1. The Kier molecular flexibility index (Phi) is 3.35. The molecule has 1 atom stereocenters. The average Bonchev–Trinajstić information content (AvgIpc) is 3.00. The van der Waals surface area contributed by atoms with E-state index in [1.807, 2.05) is 6.92 Å². The van der Waals surface area contributed by atoms with Crippen LogP contribution in [0.1, 0.15) is 26.2 Å². The summed E-state index contributed by atoms with van der Waals surface area (Å²) >= 11 is 0. The van der Waals surface area contributed by atoms with Gasteiger partial charge in [-0.1, -0.05) is 12.8 Å². The predicted molar refractivity (Wildman–Crippen MR) is 65.8 cm³/mol. The second-order valence-electron chi connectivity index (χ2n) is 4.62. The number of hydrogen-bond acceptors (Lipinski definition) is 4. The zero-order chi connectivity index (χ0) is 12.5. The van der Waals surface area contributed by atoms with Crippen molar-refractivity contribution in [3.05, 3.63) is 18.3 Å². The minimum atomic E-state index is -3.47. The average molecular weight is 255 g/mol. The molecule has 0 amide bonds. The van der Waals surface area contributed by atoms with Crippen LogP contribution in [0.2, 0.25) is 0 Å². The summed E-state index contributed by atoms with van der Waals surface area (Å²) in [6.45, 7) is 1.89. The zero-order valence-corrected chi connectivity index (χ0v) is 10.6. The molecule has 1 heterocycles. The van der Waals surface area contributed by atoms with E-state index in [9.17, 15) is 8.42 Å². The Morgan fingerprint density at radius 2 is 2.29 bits per heavy atom. The molecular formula is C11H17N3O2S. The van der Waals surface area contributed by atoms with Crippen molar-refractivity contribution < 1.29 is 8.42 Å². The van der Waals surface area contributed by atoms with Crippen LogP contribution in [-0.2, 0) is 10.0 Å². The summed E-state index contributed by atoms with van der Waals surface area (Å²) in [4.78, 5) is 3.95. The zero-order valence-electron chi connectivity index (χ0n) is 9.76. The van der Waals surface area contributed by atoms with Crippen molar-refractivity contribution in [1.82, 2.24) is 9.71 Å². The Labute approximate surface area is 101 Å². The molecule has 1 fully saturated rings. The Bertz CT molecular complexity index is 497. The Morgan fingerprint density at radius 1 is 1.59 bits per heavy atom. The van der Waals surface area contributed by atoms with Gasteiger partial charge >= 0.3 is 0 Å². The maximum atomic E-state index is 12.0. The highest BCUT2D eigenvalue weighted by atomic mass is 32.2. The summed E-state index contributed by atoms with van der Waals surface area (Å²) in [5.41, 5.74) is 5.47. The number of nitrogens with two attached hydrogens (primary N) is 1. The van der Waals surface area contributed by atoms with Gasteiger partial charge < -0.3 is 5.73 Å². The second kappa shape index (κ2) is 4.62. The van der Waals surface area contributed by atoms with E-state index in [1.54, 1.807) is 0 Å². The smallest absolute Gasteiger partial charge is 0.240 e. The van der Waals surface area contributed by atoms with E-state index < -0.39 is 10.0 Å². The molecule has 6 heteroatoms. The van der Waals surface area contributed by atoms with Crippen LogP contribution in [0.3, 0.4) is 0 Å². The molecule has 1 aromatic heterocycles. The second-order valence-corrected chi connectivity index (χ2v) is 6.33. The molecule has 2 rings (SSSR count). The molecule has 94 valence electrons. The molecule has 3 N–H and O–H groups in total. The summed E-state index contributed by atoms with van der Waals surface area (Å²) in [6, 6.07) is 2.77. The summed E-state index contributed by atoms with van der Waals surface area (Å²) in [5.74, 6) is 0.901. The molecule has 1 aromatic rings. The van der Waals surface area contributed by atoms with E-state index in [0.29, 0.717) is 5.92 Å². The third kappa shape index (κ3) is 3.41. The maximum absolute atomic E-state index is 12.0. The third-order valence-electron chi connectivity index (χ3n) is 2.80. The Balaban J connectivity index is 2.07. The normalized spacial score (nSPS) is 17.9. The molecule has 0 bridgehead atoms. The lowest BCUT2D eigenvalue weighted by molar-refractivity contribution is 0.530. The highest BCUT2D eigenvalue weighted by molar-refractivity contribution is 7.89. The molecule has 0 aliphatic heterocycles. The highest BCUT2D eigenvalue weighted by Crippen LogP contribution is 2.33. The van der Waals surface area contributed by atoms with Crippen molar-refractivity contribution in [1.29, 1.82) is 0 Å². The van der Waals surface area contributed by atoms with Crippen LogP contribution in [0.5, 0.6) is 0 Å². The molecule has 0 radical (unpaired) electrons. The fourth-order valence-electron chi connectivity index (χ4n) is 1.83. The van der Waals surface area contributed by atoms with Gasteiger partial charge in [0.15, 0.2) is 0 Å². The lowest BCUT2D eigenvalue weighted by atomic mass is 10.2. The van der Waals surface area contributed by atoms with Crippen LogP contribution >= 0.6 is 0 Å². The fourth-order valence-corrected chi connectivity index (χ4v) is 3.11. The van der Waals surface area contributed by atoms with Crippen molar-refractivity contribution >= 4 is 15.8 Å². The van der Waals surface area contributed by atoms with Crippen LogP contribution in [0, 0.1) is 5.92 Å². The largest absolute Gasteiger partial charge is 0.384 e. The minimum absolute atomic E-state index is 0.0399. The van der Waals surface area contributed by atoms with E-state index >= 15 is 0 Å². The molecular weight excluding hydrogens is 238 g/mol. The quantitative estimate of drug-likeness (QED) is 0.826. The van der Waals surface area contributed by atoms with E-state index in [4.69, 9.17) is 5.73 Å². The van der Waals surface area contributed by atoms with E-state index in [-0.39, 0.29) is 16.8 Å². The van der Waals surface area contributed by atoms with Gasteiger partial charge in [-0.15, -0.1) is 0 Å². The first-order chi connectivity index (χ1) is 7.97. The molecule has 0 saturated heterocycles. The predicted octanol–water partition coefficient (Wildman–Crippen LogP) is 1.13. The first-order valence-electron chi connectivity index (χ1n) is 5.71. The number of nitrogen functional groups attached to an aromatic ring is 1. The van der Waals surface area contributed by atoms with Gasteiger partial charge in [0.25, 0.3) is 0 Å². The topological polar surface area (TPSA) is 85.1 Å². The molecule has 1 aliphatic carbocycles. The number of anilines is 1. The standard InChI is InChI=1S/C11H17N3O2S/c1-8(6-9-2-3-9)14-17(15,16)10-4-5-13-11(12)7-10/h4-5,7-9,14H,2-3,6H2,1H3,(H2,12,13). The van der Waals surface area contributed by atoms with Gasteiger partial charge in [-0.2, -0.15) is 0 Å². The number of nitrogens with one attached hydrogen (secondary N) is 1. The van der Waals surface area contributed by atoms with Gasteiger partial charge in [0.05, 0.1) is 4.90 Å². The van der Waals surface area contributed by atoms with Crippen LogP contribution in [-0.4, -0.2) is 19.4 Å². The minimum Gasteiger partial charge on any atom is -0.384 e. The maximum Gasteiger partial charge on any atom is 0.240 e. The first kappa shape index (κ1) is 12.3. The van der Waals surface area contributed by atoms with E-state index in [1.165, 1.54) is 31.2 Å². The molecule has 5 nitrogen and oxygen atoms in total. The summed E-state index contributed by atoms with van der Waals surface area (Å²) in [6.07, 6.45) is 4.73. The summed E-state index contributed by atoms with van der Waals surface area (Å²) < 4.78 is 26.7. The van der Waals surface area contributed by atoms with Crippen molar-refractivity contribution in [3.8, 4) is 0 Å². The molecule has 1 saturated carbocycles. The molecule has 1 unspecified atom stereocenters. The highest BCUT2D eigenvalue weighted by Gasteiger charge is 2.26. The molecule has 0 aromatic carbocycles. The lowest BCUT2D eigenvalue weighted by Gasteiger charge is -2.13. The van der Waals surface area contributed by atoms with Gasteiger partial charge in [-0.05, 0) is 25.3 Å². The number of rotatable bonds is 5. The van der Waals surface area contributed by atoms with Gasteiger partial charge in [-0.3, -0.25) is 0 Å². The van der Waals surface area contributed by atoms with Crippen LogP contribution in [0.25, 0.3) is 0 Å². The van der Waals surface area contributed by atoms with Crippen LogP contribution in [0.4, 0.5) is 5.82 Å². The van der Waals surface area contributed by atoms with Gasteiger partial charge in [-0.25, -0.2) is 18.1 Å². The van der Waals surface area contributed by atoms with Crippen LogP contribution in [0.15, 0.2) is 23.2 Å². The van der Waals surface area contributed by atoms with Crippen molar-refractivity contribution in [3.63, 3.8) is 0 Å². The number of aromatic nitrogens is 1. The van der Waals surface area contributed by atoms with Gasteiger partial charge in [0.2, 0.25) is 10.0 Å². The Morgan fingerprint density at radius 3 is 2.88 bits per heavy atom. The van der Waals surface area contributed by atoms with E-state index in [2.05, 4.69) is 9.71 Å². The van der Waals surface area contributed by atoms with Crippen molar-refractivity contribution in [2.24, 2.45) is 5.92 Å². The summed E-state index contributed by atoms with van der Waals surface area (Å²) in [7, 11) is -3.47. The van der Waals surface area contributed by atoms with E-state index in [0.717, 1.165) is 6.42 Å². The van der Waals surface area contributed by atoms with Crippen molar-refractivity contribution in [2.45, 2.75) is 37.1 Å². The Hall–Kier alpha value is -1.14. The SMILES string of the molecule is CC(CC1CC1)NS(=O)(=O)c1ccnc(N)c1.